The summed E-state index contributed by atoms with van der Waals surface area (Å²) in [6, 6.07) is -0.510. The Morgan fingerprint density at radius 3 is 2.82 bits per heavy atom. The number of nitrogens with one attached hydrogen (secondary N) is 1. The van der Waals surface area contributed by atoms with E-state index in [0.29, 0.717) is 0 Å². The van der Waals surface area contributed by atoms with Crippen molar-refractivity contribution in [3.63, 3.8) is 0 Å². The van der Waals surface area contributed by atoms with Crippen LogP contribution in [0.4, 0.5) is 4.79 Å². The Bertz CT molecular complexity index is 335. The van der Waals surface area contributed by atoms with Gasteiger partial charge in [-0.3, -0.25) is 15.0 Å². The number of aliphatic hydroxyl groups is 2. The molecule has 2 fully saturated rings. The van der Waals surface area contributed by atoms with Crippen LogP contribution in [0, 0.1) is 5.92 Å². The van der Waals surface area contributed by atoms with E-state index >= 15 is 0 Å². The standard InChI is InChI=1S/C10H16N2O5/c1-5-3-12(10(16)11-9(5)15)8-2-6(14)7(4-13)17-8/h5-8,13-14H,2-4H2,1H3,(H,11,15,16)/t5-,6-,7+,8+/m1/s1. The zero-order chi connectivity index (χ0) is 12.6. The molecule has 0 spiro atoms. The molecule has 3 N–H and O–H groups in total. The van der Waals surface area contributed by atoms with Crippen LogP contribution in [-0.2, 0) is 9.53 Å². The van der Waals surface area contributed by atoms with Crippen LogP contribution in [0.1, 0.15) is 13.3 Å². The minimum Gasteiger partial charge on any atom is -0.394 e. The van der Waals surface area contributed by atoms with Gasteiger partial charge >= 0.3 is 6.03 Å². The van der Waals surface area contributed by atoms with Crippen LogP contribution >= 0.6 is 0 Å². The number of urea groups is 1. The Kier molecular flexibility index (Phi) is 3.32. The summed E-state index contributed by atoms with van der Waals surface area (Å²) in [5, 5.41) is 20.8. The van der Waals surface area contributed by atoms with E-state index in [2.05, 4.69) is 5.32 Å². The number of imide groups is 1. The average molecular weight is 244 g/mol. The summed E-state index contributed by atoms with van der Waals surface area (Å²) in [4.78, 5) is 24.2. The molecule has 0 unspecified atom stereocenters. The third kappa shape index (κ3) is 2.26. The predicted molar refractivity (Wildman–Crippen MR) is 55.8 cm³/mol. The van der Waals surface area contributed by atoms with Crippen LogP contribution in [0.3, 0.4) is 0 Å². The first kappa shape index (κ1) is 12.3. The molecule has 7 heteroatoms. The van der Waals surface area contributed by atoms with Gasteiger partial charge in [0.25, 0.3) is 0 Å². The molecule has 0 aliphatic carbocycles. The van der Waals surface area contributed by atoms with Crippen molar-refractivity contribution in [1.82, 2.24) is 10.2 Å². The van der Waals surface area contributed by atoms with Crippen molar-refractivity contribution in [2.45, 2.75) is 31.8 Å². The van der Waals surface area contributed by atoms with E-state index in [4.69, 9.17) is 9.84 Å². The number of aliphatic hydroxyl groups excluding tert-OH is 2. The summed E-state index contributed by atoms with van der Waals surface area (Å²) >= 11 is 0. The van der Waals surface area contributed by atoms with Crippen molar-refractivity contribution in [1.29, 1.82) is 0 Å². The minimum absolute atomic E-state index is 0.250. The molecule has 2 aliphatic heterocycles. The first-order valence-electron chi connectivity index (χ1n) is 5.58. The predicted octanol–water partition coefficient (Wildman–Crippen LogP) is -1.36. The molecule has 0 aromatic carbocycles. The van der Waals surface area contributed by atoms with Crippen LogP contribution in [0.5, 0.6) is 0 Å². The Morgan fingerprint density at radius 2 is 2.24 bits per heavy atom. The highest BCUT2D eigenvalue weighted by Gasteiger charge is 2.41. The van der Waals surface area contributed by atoms with Gasteiger partial charge in [0.2, 0.25) is 5.91 Å². The van der Waals surface area contributed by atoms with E-state index in [1.54, 1.807) is 6.92 Å². The number of ether oxygens (including phenoxy) is 1. The quantitative estimate of drug-likeness (QED) is 0.557. The fraction of sp³-hybridized carbons (Fsp3) is 0.800. The lowest BCUT2D eigenvalue weighted by Crippen LogP contribution is -2.57. The van der Waals surface area contributed by atoms with Gasteiger partial charge in [-0.25, -0.2) is 4.79 Å². The minimum atomic E-state index is -0.786. The maximum absolute atomic E-state index is 11.6. The smallest absolute Gasteiger partial charge is 0.326 e. The maximum Gasteiger partial charge on any atom is 0.326 e. The number of carbonyl (C=O) groups excluding carboxylic acids is 2. The molecule has 0 radical (unpaired) electrons. The Labute approximate surface area is 98.3 Å². The number of hydrogen-bond acceptors (Lipinski definition) is 5. The topological polar surface area (TPSA) is 99.1 Å². The highest BCUT2D eigenvalue weighted by Crippen LogP contribution is 2.25. The van der Waals surface area contributed by atoms with Gasteiger partial charge in [0.05, 0.1) is 18.6 Å². The Balaban J connectivity index is 2.03. The van der Waals surface area contributed by atoms with Crippen molar-refractivity contribution in [2.75, 3.05) is 13.2 Å². The van der Waals surface area contributed by atoms with Crippen molar-refractivity contribution < 1.29 is 24.5 Å². The second kappa shape index (κ2) is 4.59. The molecule has 0 bridgehead atoms. The van der Waals surface area contributed by atoms with E-state index < -0.39 is 24.5 Å². The van der Waals surface area contributed by atoms with Gasteiger partial charge in [-0.05, 0) is 0 Å². The van der Waals surface area contributed by atoms with Gasteiger partial charge in [-0.1, -0.05) is 6.92 Å². The van der Waals surface area contributed by atoms with Crippen LogP contribution < -0.4 is 5.32 Å². The van der Waals surface area contributed by atoms with Crippen molar-refractivity contribution in [3.05, 3.63) is 0 Å². The molecule has 0 aromatic heterocycles. The van der Waals surface area contributed by atoms with Crippen LogP contribution in [0.15, 0.2) is 0 Å². The summed E-state index contributed by atoms with van der Waals surface area (Å²) in [6.45, 7) is 1.69. The number of rotatable bonds is 2. The summed E-state index contributed by atoms with van der Waals surface area (Å²) in [5.74, 6) is -0.606. The van der Waals surface area contributed by atoms with Gasteiger partial charge in [0.1, 0.15) is 12.3 Å². The van der Waals surface area contributed by atoms with Gasteiger partial charge < -0.3 is 14.9 Å². The summed E-state index contributed by atoms with van der Waals surface area (Å²) in [7, 11) is 0. The third-order valence-corrected chi connectivity index (χ3v) is 3.14. The first-order chi connectivity index (χ1) is 8.02. The summed E-state index contributed by atoms with van der Waals surface area (Å²) < 4.78 is 5.37. The van der Waals surface area contributed by atoms with Gasteiger partial charge in [0.15, 0.2) is 0 Å². The summed E-state index contributed by atoms with van der Waals surface area (Å²) in [6.07, 6.45) is -1.79. The molecule has 7 nitrogen and oxygen atoms in total. The number of amides is 3. The lowest BCUT2D eigenvalue weighted by Gasteiger charge is -2.34. The van der Waals surface area contributed by atoms with Crippen LogP contribution in [0.25, 0.3) is 0 Å². The first-order valence-corrected chi connectivity index (χ1v) is 5.58. The van der Waals surface area contributed by atoms with E-state index in [1.807, 2.05) is 0 Å². The average Bonchev–Trinajstić information content (AvgIpc) is 2.65. The molecule has 17 heavy (non-hydrogen) atoms. The highest BCUT2D eigenvalue weighted by molar-refractivity contribution is 5.97. The highest BCUT2D eigenvalue weighted by atomic mass is 16.5. The number of hydrogen-bond donors (Lipinski definition) is 3. The Morgan fingerprint density at radius 1 is 1.53 bits per heavy atom. The molecule has 2 heterocycles. The lowest BCUT2D eigenvalue weighted by molar-refractivity contribution is -0.128. The lowest BCUT2D eigenvalue weighted by atomic mass is 10.1. The molecule has 2 saturated heterocycles. The zero-order valence-electron chi connectivity index (χ0n) is 9.50. The SMILES string of the molecule is C[C@@H]1CN([C@@H]2C[C@@H](O)[C@H](CO)O2)C(=O)NC1=O. The van der Waals surface area contributed by atoms with Gasteiger partial charge in [-0.2, -0.15) is 0 Å². The van der Waals surface area contributed by atoms with Crippen molar-refractivity contribution in [2.24, 2.45) is 5.92 Å². The fourth-order valence-electron chi connectivity index (χ4n) is 2.08. The monoisotopic (exact) mass is 244 g/mol. The third-order valence-electron chi connectivity index (χ3n) is 3.14. The van der Waals surface area contributed by atoms with Crippen molar-refractivity contribution >= 4 is 11.9 Å². The van der Waals surface area contributed by atoms with E-state index in [9.17, 15) is 14.7 Å². The second-order valence-electron chi connectivity index (χ2n) is 4.46. The molecule has 4 atom stereocenters. The van der Waals surface area contributed by atoms with E-state index in [0.717, 1.165) is 0 Å². The normalized spacial score (nSPS) is 38.4. The Hall–Kier alpha value is -1.18. The summed E-state index contributed by atoms with van der Waals surface area (Å²) in [5.41, 5.74) is 0. The van der Waals surface area contributed by atoms with Crippen molar-refractivity contribution in [3.8, 4) is 0 Å². The molecule has 3 amide bonds. The van der Waals surface area contributed by atoms with Crippen LogP contribution in [-0.4, -0.2) is 58.6 Å². The van der Waals surface area contributed by atoms with Gasteiger partial charge in [0, 0.05) is 13.0 Å². The molecular formula is C10H16N2O5. The molecule has 2 aliphatic rings. The fourth-order valence-corrected chi connectivity index (χ4v) is 2.08. The molecular weight excluding hydrogens is 228 g/mol. The van der Waals surface area contributed by atoms with E-state index in [-0.39, 0.29) is 31.4 Å². The molecule has 0 aromatic rings. The second-order valence-corrected chi connectivity index (χ2v) is 4.46. The van der Waals surface area contributed by atoms with Gasteiger partial charge in [-0.15, -0.1) is 0 Å². The molecule has 0 saturated carbocycles. The molecule has 2 rings (SSSR count). The molecule has 96 valence electrons. The largest absolute Gasteiger partial charge is 0.394 e. The maximum atomic E-state index is 11.6. The zero-order valence-corrected chi connectivity index (χ0v) is 9.50. The number of carbonyl (C=O) groups is 2. The van der Waals surface area contributed by atoms with Crippen LogP contribution in [0.2, 0.25) is 0 Å². The number of nitrogens with zero attached hydrogens (tertiary/aromatic N) is 1. The van der Waals surface area contributed by atoms with E-state index in [1.165, 1.54) is 4.90 Å².